The van der Waals surface area contributed by atoms with Crippen LogP contribution in [0.25, 0.3) is 108 Å². The van der Waals surface area contributed by atoms with Crippen molar-refractivity contribution in [2.75, 3.05) is 0 Å². The summed E-state index contributed by atoms with van der Waals surface area (Å²) in [5.74, 6) is 0. The summed E-state index contributed by atoms with van der Waals surface area (Å²) in [6.45, 7) is 0. The van der Waals surface area contributed by atoms with Gasteiger partial charge in [-0.15, -0.1) is 11.3 Å². The Kier molecular flexibility index (Phi) is 6.49. The average Bonchev–Trinajstić information content (AvgIpc) is 3.78. The lowest BCUT2D eigenvalue weighted by Gasteiger charge is -2.18. The predicted octanol–water partition coefficient (Wildman–Crippen LogP) is 14.9. The van der Waals surface area contributed by atoms with Gasteiger partial charge in [0.15, 0.2) is 0 Å². The maximum atomic E-state index is 6.39. The monoisotopic (exact) mass is 678 g/mol. The molecule has 2 heterocycles. The van der Waals surface area contributed by atoms with E-state index in [1.165, 1.54) is 75.1 Å². The quantitative estimate of drug-likeness (QED) is 0.169. The van der Waals surface area contributed by atoms with Crippen LogP contribution in [0.2, 0.25) is 0 Å². The van der Waals surface area contributed by atoms with Crippen molar-refractivity contribution in [3.05, 3.63) is 182 Å². The highest BCUT2D eigenvalue weighted by Crippen LogP contribution is 2.45. The normalized spacial score (nSPS) is 11.8. The maximum Gasteiger partial charge on any atom is 0.143 e. The molecule has 11 aromatic rings. The molecule has 0 saturated heterocycles. The van der Waals surface area contributed by atoms with Crippen molar-refractivity contribution in [2.45, 2.75) is 0 Å². The van der Waals surface area contributed by atoms with Crippen molar-refractivity contribution >= 4 is 75.0 Å². The Labute approximate surface area is 304 Å². The topological polar surface area (TPSA) is 13.1 Å². The molecule has 0 unspecified atom stereocenters. The van der Waals surface area contributed by atoms with Gasteiger partial charge >= 0.3 is 0 Å². The van der Waals surface area contributed by atoms with Gasteiger partial charge in [0.2, 0.25) is 0 Å². The Hall–Kier alpha value is -6.48. The third kappa shape index (κ3) is 4.48. The molecule has 0 spiro atoms. The zero-order valence-electron chi connectivity index (χ0n) is 28.1. The van der Waals surface area contributed by atoms with Crippen LogP contribution in [0.3, 0.4) is 0 Å². The molecule has 0 fully saturated rings. The number of benzene rings is 9. The molecular formula is C50H30OS. The molecule has 0 saturated carbocycles. The van der Waals surface area contributed by atoms with Gasteiger partial charge in [0.25, 0.3) is 0 Å². The number of fused-ring (bicyclic) bond motifs is 8. The molecule has 0 radical (unpaired) electrons. The van der Waals surface area contributed by atoms with Crippen LogP contribution in [0, 0.1) is 0 Å². The molecule has 52 heavy (non-hydrogen) atoms. The standard InChI is InChI=1S/C50H30OS/c1-3-17-41-39(15-1)48(32-25-23-31(24-26-32)36-19-10-20-43-37-13-5-7-21-45(37)51-50(36)43)40-16-2-4-18-42(40)49(41)35-12-9-11-33(29-35)34-27-28-47-44(30-34)38-14-6-8-22-46(38)52-47/h1-30H. The Morgan fingerprint density at radius 3 is 1.58 bits per heavy atom. The van der Waals surface area contributed by atoms with E-state index in [1.54, 1.807) is 0 Å². The minimum atomic E-state index is 0.919. The SMILES string of the molecule is c1cc(-c2ccc3sc4ccccc4c3c2)cc(-c2c3ccccc3c(-c3ccc(-c4cccc5c4oc4ccccc45)cc3)c3ccccc23)c1. The number of para-hydroxylation sites is 2. The summed E-state index contributed by atoms with van der Waals surface area (Å²) in [7, 11) is 0. The van der Waals surface area contributed by atoms with Crippen LogP contribution in [-0.2, 0) is 0 Å². The van der Waals surface area contributed by atoms with E-state index in [0.29, 0.717) is 0 Å². The molecule has 1 nitrogen and oxygen atoms in total. The van der Waals surface area contributed by atoms with Crippen molar-refractivity contribution in [3.63, 3.8) is 0 Å². The summed E-state index contributed by atoms with van der Waals surface area (Å²) in [4.78, 5) is 0. The molecule has 0 aliphatic carbocycles. The molecule has 0 atom stereocenters. The number of furan rings is 1. The number of thiophene rings is 1. The van der Waals surface area contributed by atoms with Gasteiger partial charge in [-0.2, -0.15) is 0 Å². The summed E-state index contributed by atoms with van der Waals surface area (Å²) in [6, 6.07) is 66.3. The summed E-state index contributed by atoms with van der Waals surface area (Å²) >= 11 is 1.86. The van der Waals surface area contributed by atoms with Crippen LogP contribution in [0.5, 0.6) is 0 Å². The van der Waals surface area contributed by atoms with Crippen molar-refractivity contribution in [1.29, 1.82) is 0 Å². The van der Waals surface area contributed by atoms with Crippen molar-refractivity contribution in [1.82, 2.24) is 0 Å². The molecule has 11 rings (SSSR count). The summed E-state index contributed by atoms with van der Waals surface area (Å²) < 4.78 is 9.05. The number of rotatable bonds is 4. The highest BCUT2D eigenvalue weighted by Gasteiger charge is 2.18. The molecule has 0 N–H and O–H groups in total. The van der Waals surface area contributed by atoms with E-state index in [9.17, 15) is 0 Å². The Morgan fingerprint density at radius 2 is 0.827 bits per heavy atom. The third-order valence-electron chi connectivity index (χ3n) is 10.7. The van der Waals surface area contributed by atoms with E-state index >= 15 is 0 Å². The Balaban J connectivity index is 1.06. The second-order valence-electron chi connectivity index (χ2n) is 13.6. The Morgan fingerprint density at radius 1 is 0.308 bits per heavy atom. The van der Waals surface area contributed by atoms with Crippen molar-refractivity contribution in [3.8, 4) is 44.5 Å². The van der Waals surface area contributed by atoms with Crippen molar-refractivity contribution in [2.24, 2.45) is 0 Å². The summed E-state index contributed by atoms with van der Waals surface area (Å²) in [5, 5.41) is 9.95. The van der Waals surface area contributed by atoms with Crippen LogP contribution in [0.4, 0.5) is 0 Å². The van der Waals surface area contributed by atoms with E-state index < -0.39 is 0 Å². The molecule has 2 aromatic heterocycles. The molecule has 242 valence electrons. The van der Waals surface area contributed by atoms with Crippen LogP contribution in [0.1, 0.15) is 0 Å². The first-order valence-electron chi connectivity index (χ1n) is 17.8. The van der Waals surface area contributed by atoms with E-state index in [1.807, 2.05) is 23.5 Å². The molecule has 0 aliphatic rings. The zero-order valence-corrected chi connectivity index (χ0v) is 29.0. The lowest BCUT2D eigenvalue weighted by atomic mass is 9.85. The van der Waals surface area contributed by atoms with Crippen LogP contribution >= 0.6 is 11.3 Å². The molecule has 2 heteroatoms. The minimum Gasteiger partial charge on any atom is -0.455 e. The molecule has 0 amide bonds. The first kappa shape index (κ1) is 29.3. The average molecular weight is 679 g/mol. The zero-order chi connectivity index (χ0) is 34.2. The van der Waals surface area contributed by atoms with Gasteiger partial charge in [0.1, 0.15) is 11.2 Å². The van der Waals surface area contributed by atoms with E-state index in [0.717, 1.165) is 33.1 Å². The summed E-state index contributed by atoms with van der Waals surface area (Å²) in [6.07, 6.45) is 0. The third-order valence-corrected chi connectivity index (χ3v) is 11.8. The molecular weight excluding hydrogens is 649 g/mol. The van der Waals surface area contributed by atoms with Crippen LogP contribution in [-0.4, -0.2) is 0 Å². The van der Waals surface area contributed by atoms with E-state index in [4.69, 9.17) is 4.42 Å². The second kappa shape index (κ2) is 11.5. The molecule has 0 aliphatic heterocycles. The van der Waals surface area contributed by atoms with Gasteiger partial charge in [0.05, 0.1) is 0 Å². The van der Waals surface area contributed by atoms with E-state index in [2.05, 4.69) is 170 Å². The first-order valence-corrected chi connectivity index (χ1v) is 18.6. The smallest absolute Gasteiger partial charge is 0.143 e. The van der Waals surface area contributed by atoms with Gasteiger partial charge in [-0.25, -0.2) is 0 Å². The Bertz CT molecular complexity index is 3120. The minimum absolute atomic E-state index is 0.919. The van der Waals surface area contributed by atoms with Gasteiger partial charge in [-0.3, -0.25) is 0 Å². The molecule has 9 aromatic carbocycles. The summed E-state index contributed by atoms with van der Waals surface area (Å²) in [5.41, 5.74) is 11.5. The lowest BCUT2D eigenvalue weighted by molar-refractivity contribution is 0.670. The van der Waals surface area contributed by atoms with Gasteiger partial charge in [0, 0.05) is 36.5 Å². The molecule has 0 bridgehead atoms. The highest BCUT2D eigenvalue weighted by atomic mass is 32.1. The number of hydrogen-bond donors (Lipinski definition) is 0. The fraction of sp³-hybridized carbons (Fsp3) is 0. The van der Waals surface area contributed by atoms with Crippen LogP contribution in [0.15, 0.2) is 186 Å². The maximum absolute atomic E-state index is 6.39. The second-order valence-corrected chi connectivity index (χ2v) is 14.7. The number of hydrogen-bond acceptors (Lipinski definition) is 2. The van der Waals surface area contributed by atoms with Gasteiger partial charge < -0.3 is 4.42 Å². The first-order chi connectivity index (χ1) is 25.8. The van der Waals surface area contributed by atoms with Crippen molar-refractivity contribution < 1.29 is 4.42 Å². The van der Waals surface area contributed by atoms with Crippen LogP contribution < -0.4 is 0 Å². The van der Waals surface area contributed by atoms with Gasteiger partial charge in [-0.05, 0) is 90.8 Å². The largest absolute Gasteiger partial charge is 0.455 e. The van der Waals surface area contributed by atoms with E-state index in [-0.39, 0.29) is 0 Å². The fourth-order valence-electron chi connectivity index (χ4n) is 8.30. The van der Waals surface area contributed by atoms with Gasteiger partial charge in [-0.1, -0.05) is 152 Å². The lowest BCUT2D eigenvalue weighted by Crippen LogP contribution is -1.91. The predicted molar refractivity (Wildman–Crippen MR) is 223 cm³/mol. The highest BCUT2D eigenvalue weighted by molar-refractivity contribution is 7.25. The fourth-order valence-corrected chi connectivity index (χ4v) is 9.39.